The van der Waals surface area contributed by atoms with Crippen molar-refractivity contribution >= 4 is 5.91 Å². The van der Waals surface area contributed by atoms with Crippen LogP contribution in [0.15, 0.2) is 36.9 Å². The minimum absolute atomic E-state index is 0.0956. The second kappa shape index (κ2) is 6.08. The molecule has 0 aliphatic carbocycles. The number of imidazole rings is 1. The SMILES string of the molecule is Cc1ncc(C(=O)N2CCc3[nH]cnc3C2c2ccccn2)c(C)n1. The number of carbonyl (C=O) groups is 1. The number of hydrogen-bond acceptors (Lipinski definition) is 5. The predicted octanol–water partition coefficient (Wildman–Crippen LogP) is 2.00. The van der Waals surface area contributed by atoms with E-state index in [4.69, 9.17) is 0 Å². The Morgan fingerprint density at radius 2 is 2.12 bits per heavy atom. The molecule has 1 N–H and O–H groups in total. The van der Waals surface area contributed by atoms with Gasteiger partial charge < -0.3 is 9.88 Å². The van der Waals surface area contributed by atoms with Crippen molar-refractivity contribution in [2.24, 2.45) is 0 Å². The third-order valence-electron chi connectivity index (χ3n) is 4.48. The van der Waals surface area contributed by atoms with E-state index in [0.717, 1.165) is 23.5 Å². The molecule has 4 rings (SSSR count). The van der Waals surface area contributed by atoms with E-state index in [1.165, 1.54) is 0 Å². The lowest BCUT2D eigenvalue weighted by atomic mass is 9.98. The summed E-state index contributed by atoms with van der Waals surface area (Å²) in [6.45, 7) is 4.24. The van der Waals surface area contributed by atoms with E-state index in [1.807, 2.05) is 36.9 Å². The molecule has 1 atom stereocenters. The van der Waals surface area contributed by atoms with Gasteiger partial charge >= 0.3 is 0 Å². The molecular formula is C18H18N6O. The molecule has 25 heavy (non-hydrogen) atoms. The van der Waals surface area contributed by atoms with Crippen LogP contribution < -0.4 is 0 Å². The number of amides is 1. The Balaban J connectivity index is 1.79. The van der Waals surface area contributed by atoms with Gasteiger partial charge in [0.25, 0.3) is 5.91 Å². The zero-order valence-electron chi connectivity index (χ0n) is 14.1. The van der Waals surface area contributed by atoms with Gasteiger partial charge in [0.1, 0.15) is 11.9 Å². The van der Waals surface area contributed by atoms with Crippen molar-refractivity contribution in [3.8, 4) is 0 Å². The van der Waals surface area contributed by atoms with Crippen LogP contribution in [0, 0.1) is 13.8 Å². The number of fused-ring (bicyclic) bond motifs is 1. The van der Waals surface area contributed by atoms with E-state index in [2.05, 4.69) is 24.9 Å². The number of nitrogens with one attached hydrogen (secondary N) is 1. The highest BCUT2D eigenvalue weighted by Crippen LogP contribution is 2.33. The summed E-state index contributed by atoms with van der Waals surface area (Å²) < 4.78 is 0. The molecule has 0 bridgehead atoms. The Morgan fingerprint density at radius 1 is 1.24 bits per heavy atom. The Morgan fingerprint density at radius 3 is 2.88 bits per heavy atom. The maximum atomic E-state index is 13.2. The summed E-state index contributed by atoms with van der Waals surface area (Å²) in [5.74, 6) is 0.561. The highest BCUT2D eigenvalue weighted by Gasteiger charge is 2.35. The van der Waals surface area contributed by atoms with Crippen molar-refractivity contribution in [3.63, 3.8) is 0 Å². The lowest BCUT2D eigenvalue weighted by Crippen LogP contribution is -2.41. The average Bonchev–Trinajstić information content (AvgIpc) is 3.10. The van der Waals surface area contributed by atoms with Crippen molar-refractivity contribution in [2.45, 2.75) is 26.3 Å². The molecule has 7 heteroatoms. The largest absolute Gasteiger partial charge is 0.348 e. The number of aromatic amines is 1. The fraction of sp³-hybridized carbons (Fsp3) is 0.278. The molecule has 3 aromatic heterocycles. The quantitative estimate of drug-likeness (QED) is 0.774. The second-order valence-electron chi connectivity index (χ2n) is 6.09. The molecule has 4 heterocycles. The first-order valence-electron chi connectivity index (χ1n) is 8.19. The van der Waals surface area contributed by atoms with E-state index in [-0.39, 0.29) is 11.9 Å². The average molecular weight is 334 g/mol. The molecule has 1 aliphatic rings. The standard InChI is InChI=1S/C18H18N6O/c1-11-13(9-20-12(2)23-11)18(25)24-8-6-14-16(22-10-21-14)17(24)15-5-3-4-7-19-15/h3-5,7,9-10,17H,6,8H2,1-2H3,(H,21,22). The summed E-state index contributed by atoms with van der Waals surface area (Å²) in [5, 5.41) is 0. The molecule has 1 amide bonds. The van der Waals surface area contributed by atoms with Crippen LogP contribution >= 0.6 is 0 Å². The summed E-state index contributed by atoms with van der Waals surface area (Å²) in [5.41, 5.74) is 3.91. The van der Waals surface area contributed by atoms with E-state index in [0.29, 0.717) is 23.6 Å². The van der Waals surface area contributed by atoms with Gasteiger partial charge in [0.05, 0.1) is 29.0 Å². The summed E-state index contributed by atoms with van der Waals surface area (Å²) in [6.07, 6.45) is 5.75. The summed E-state index contributed by atoms with van der Waals surface area (Å²) >= 11 is 0. The van der Waals surface area contributed by atoms with Crippen LogP contribution in [-0.4, -0.2) is 42.3 Å². The highest BCUT2D eigenvalue weighted by molar-refractivity contribution is 5.95. The van der Waals surface area contributed by atoms with Crippen LogP contribution in [0.2, 0.25) is 0 Å². The number of aromatic nitrogens is 5. The maximum Gasteiger partial charge on any atom is 0.258 e. The van der Waals surface area contributed by atoms with E-state index < -0.39 is 0 Å². The van der Waals surface area contributed by atoms with Crippen LogP contribution in [0.3, 0.4) is 0 Å². The Kier molecular flexibility index (Phi) is 3.76. The molecule has 1 aliphatic heterocycles. The molecule has 1 unspecified atom stereocenters. The van der Waals surface area contributed by atoms with Gasteiger partial charge in [-0.05, 0) is 26.0 Å². The fourth-order valence-corrected chi connectivity index (χ4v) is 3.28. The van der Waals surface area contributed by atoms with Crippen molar-refractivity contribution in [2.75, 3.05) is 6.54 Å². The van der Waals surface area contributed by atoms with Gasteiger partial charge in [-0.2, -0.15) is 0 Å². The van der Waals surface area contributed by atoms with E-state index in [9.17, 15) is 4.79 Å². The number of H-pyrrole nitrogens is 1. The minimum atomic E-state index is -0.315. The number of rotatable bonds is 2. The molecule has 0 fully saturated rings. The number of pyridine rings is 1. The van der Waals surface area contributed by atoms with Crippen LogP contribution in [0.5, 0.6) is 0 Å². The Hall–Kier alpha value is -3.09. The molecule has 3 aromatic rings. The molecule has 0 saturated heterocycles. The fourth-order valence-electron chi connectivity index (χ4n) is 3.28. The van der Waals surface area contributed by atoms with Crippen molar-refractivity contribution in [1.82, 2.24) is 29.8 Å². The zero-order valence-corrected chi connectivity index (χ0v) is 14.1. The molecule has 0 spiro atoms. The topological polar surface area (TPSA) is 87.7 Å². The summed E-state index contributed by atoms with van der Waals surface area (Å²) in [7, 11) is 0. The lowest BCUT2D eigenvalue weighted by molar-refractivity contribution is 0.0685. The number of hydrogen-bond donors (Lipinski definition) is 1. The van der Waals surface area contributed by atoms with Gasteiger partial charge in [0.2, 0.25) is 0 Å². The van der Waals surface area contributed by atoms with E-state index >= 15 is 0 Å². The number of nitrogens with zero attached hydrogens (tertiary/aromatic N) is 5. The summed E-state index contributed by atoms with van der Waals surface area (Å²) in [6, 6.07) is 5.39. The zero-order chi connectivity index (χ0) is 17.4. The van der Waals surface area contributed by atoms with Crippen LogP contribution in [-0.2, 0) is 6.42 Å². The maximum absolute atomic E-state index is 13.2. The van der Waals surface area contributed by atoms with E-state index in [1.54, 1.807) is 18.7 Å². The monoisotopic (exact) mass is 334 g/mol. The molecule has 0 saturated carbocycles. The first-order chi connectivity index (χ1) is 12.1. The third-order valence-corrected chi connectivity index (χ3v) is 4.48. The van der Waals surface area contributed by atoms with Gasteiger partial charge in [-0.25, -0.2) is 15.0 Å². The highest BCUT2D eigenvalue weighted by atomic mass is 16.2. The predicted molar refractivity (Wildman–Crippen MR) is 90.9 cm³/mol. The van der Waals surface area contributed by atoms with Gasteiger partial charge in [0, 0.05) is 31.1 Å². The Labute approximate surface area is 145 Å². The smallest absolute Gasteiger partial charge is 0.258 e. The van der Waals surface area contributed by atoms with Crippen LogP contribution in [0.1, 0.15) is 45.0 Å². The van der Waals surface area contributed by atoms with Crippen molar-refractivity contribution < 1.29 is 4.79 Å². The first kappa shape index (κ1) is 15.4. The number of aryl methyl sites for hydroxylation is 2. The van der Waals surface area contributed by atoms with Crippen molar-refractivity contribution in [1.29, 1.82) is 0 Å². The normalized spacial score (nSPS) is 16.6. The van der Waals surface area contributed by atoms with Crippen LogP contribution in [0.25, 0.3) is 0 Å². The Bertz CT molecular complexity index is 920. The van der Waals surface area contributed by atoms with Gasteiger partial charge in [-0.3, -0.25) is 9.78 Å². The molecule has 7 nitrogen and oxygen atoms in total. The third kappa shape index (κ3) is 2.67. The molecule has 0 aromatic carbocycles. The van der Waals surface area contributed by atoms with Gasteiger partial charge in [-0.1, -0.05) is 6.07 Å². The van der Waals surface area contributed by atoms with Crippen molar-refractivity contribution in [3.05, 3.63) is 71.1 Å². The minimum Gasteiger partial charge on any atom is -0.348 e. The molecular weight excluding hydrogens is 316 g/mol. The van der Waals surface area contributed by atoms with Crippen LogP contribution in [0.4, 0.5) is 0 Å². The molecule has 0 radical (unpaired) electrons. The summed E-state index contributed by atoms with van der Waals surface area (Å²) in [4.78, 5) is 35.7. The number of carbonyl (C=O) groups excluding carboxylic acids is 1. The first-order valence-corrected chi connectivity index (χ1v) is 8.19. The van der Waals surface area contributed by atoms with Gasteiger partial charge in [-0.15, -0.1) is 0 Å². The van der Waals surface area contributed by atoms with Gasteiger partial charge in [0.15, 0.2) is 0 Å². The molecule has 126 valence electrons. The lowest BCUT2D eigenvalue weighted by Gasteiger charge is -2.34. The second-order valence-corrected chi connectivity index (χ2v) is 6.09.